The standard InChI is InChI=1S/C27H26ClN5O4/c28-21-12-19(7-8-23(21)37-16-20-4-1-2-10-29-20)32-27-26-22(30-17-31-27)5-3-6-24(26)36-15-18-9-11-33(13-18)25(35)14-34/h1-8,10,12,17-18,34H,9,11,13-16H2,(H,30,31,32)/t18-/m1/s1. The van der Waals surface area contributed by atoms with E-state index >= 15 is 0 Å². The number of benzene rings is 2. The Hall–Kier alpha value is -3.95. The molecule has 0 saturated carbocycles. The summed E-state index contributed by atoms with van der Waals surface area (Å²) in [4.78, 5) is 26.5. The quantitative estimate of drug-likeness (QED) is 0.338. The first-order valence-electron chi connectivity index (χ1n) is 11.9. The van der Waals surface area contributed by atoms with Crippen LogP contribution in [0.25, 0.3) is 10.9 Å². The summed E-state index contributed by atoms with van der Waals surface area (Å²) in [6, 6.07) is 16.8. The lowest BCUT2D eigenvalue weighted by atomic mass is 10.1. The SMILES string of the molecule is O=C(CO)N1CC[C@@H](COc2cccc3ncnc(Nc4ccc(OCc5ccccn5)c(Cl)c4)c23)C1. The third kappa shape index (κ3) is 5.90. The van der Waals surface area contributed by atoms with Crippen molar-refractivity contribution < 1.29 is 19.4 Å². The first kappa shape index (κ1) is 24.7. The third-order valence-corrected chi connectivity index (χ3v) is 6.46. The Morgan fingerprint density at radius 3 is 2.81 bits per heavy atom. The number of hydrogen-bond donors (Lipinski definition) is 2. The predicted octanol–water partition coefficient (Wildman–Crippen LogP) is 4.22. The van der Waals surface area contributed by atoms with Crippen LogP contribution in [0.15, 0.2) is 67.1 Å². The monoisotopic (exact) mass is 519 g/mol. The number of halogens is 1. The van der Waals surface area contributed by atoms with E-state index in [4.69, 9.17) is 26.2 Å². The zero-order valence-corrected chi connectivity index (χ0v) is 20.8. The van der Waals surface area contributed by atoms with Crippen molar-refractivity contribution in [1.29, 1.82) is 0 Å². The fraction of sp³-hybridized carbons (Fsp3) is 0.259. The summed E-state index contributed by atoms with van der Waals surface area (Å²) in [7, 11) is 0. The Kier molecular flexibility index (Phi) is 7.62. The maximum atomic E-state index is 11.8. The van der Waals surface area contributed by atoms with Crippen molar-refractivity contribution >= 4 is 39.9 Å². The smallest absolute Gasteiger partial charge is 0.248 e. The summed E-state index contributed by atoms with van der Waals surface area (Å²) in [5, 5.41) is 13.6. The number of hydrogen-bond acceptors (Lipinski definition) is 8. The number of pyridine rings is 1. The highest BCUT2D eigenvalue weighted by molar-refractivity contribution is 6.32. The van der Waals surface area contributed by atoms with E-state index in [1.165, 1.54) is 6.33 Å². The molecule has 4 aromatic rings. The van der Waals surface area contributed by atoms with E-state index < -0.39 is 6.61 Å². The van der Waals surface area contributed by atoms with Gasteiger partial charge in [-0.25, -0.2) is 9.97 Å². The molecular weight excluding hydrogens is 494 g/mol. The Morgan fingerprint density at radius 1 is 1.08 bits per heavy atom. The van der Waals surface area contributed by atoms with Gasteiger partial charge in [0, 0.05) is 30.9 Å². The fourth-order valence-electron chi connectivity index (χ4n) is 4.26. The second kappa shape index (κ2) is 11.4. The molecule has 2 aromatic heterocycles. The van der Waals surface area contributed by atoms with Crippen LogP contribution < -0.4 is 14.8 Å². The van der Waals surface area contributed by atoms with Crippen LogP contribution in [0, 0.1) is 5.92 Å². The molecule has 1 aliphatic rings. The number of aliphatic hydroxyl groups is 1. The van der Waals surface area contributed by atoms with Crippen LogP contribution in [-0.4, -0.2) is 57.2 Å². The molecule has 10 heteroatoms. The van der Waals surface area contributed by atoms with E-state index in [0.717, 1.165) is 28.7 Å². The number of rotatable bonds is 9. The largest absolute Gasteiger partial charge is 0.492 e. The van der Waals surface area contributed by atoms with Crippen molar-refractivity contribution in [3.05, 3.63) is 77.8 Å². The molecule has 1 saturated heterocycles. The van der Waals surface area contributed by atoms with E-state index in [1.807, 2.05) is 42.5 Å². The Morgan fingerprint density at radius 2 is 2.00 bits per heavy atom. The average Bonchev–Trinajstić information content (AvgIpc) is 3.41. The minimum absolute atomic E-state index is 0.184. The van der Waals surface area contributed by atoms with Gasteiger partial charge in [-0.15, -0.1) is 0 Å². The van der Waals surface area contributed by atoms with Gasteiger partial charge in [0.1, 0.15) is 36.9 Å². The van der Waals surface area contributed by atoms with Crippen LogP contribution in [0.2, 0.25) is 5.02 Å². The molecule has 0 unspecified atom stereocenters. The number of nitrogens with zero attached hydrogens (tertiary/aromatic N) is 4. The number of amides is 1. The van der Waals surface area contributed by atoms with Crippen molar-refractivity contribution in [1.82, 2.24) is 19.9 Å². The zero-order valence-electron chi connectivity index (χ0n) is 20.0. The number of ether oxygens (including phenoxy) is 2. The van der Waals surface area contributed by atoms with Gasteiger partial charge in [0.15, 0.2) is 0 Å². The Balaban J connectivity index is 1.30. The first-order chi connectivity index (χ1) is 18.1. The number of anilines is 2. The number of carbonyl (C=O) groups is 1. The van der Waals surface area contributed by atoms with E-state index in [2.05, 4.69) is 20.3 Å². The summed E-state index contributed by atoms with van der Waals surface area (Å²) in [6.07, 6.45) is 4.04. The predicted molar refractivity (Wildman–Crippen MR) is 140 cm³/mol. The molecule has 2 aromatic carbocycles. The molecule has 1 fully saturated rings. The minimum atomic E-state index is -0.468. The van der Waals surface area contributed by atoms with Gasteiger partial charge >= 0.3 is 0 Å². The first-order valence-corrected chi connectivity index (χ1v) is 12.3. The number of fused-ring (bicyclic) bond motifs is 1. The number of aromatic nitrogens is 3. The Labute approximate surface area is 219 Å². The topological polar surface area (TPSA) is 110 Å². The number of aliphatic hydroxyl groups excluding tert-OH is 1. The molecule has 37 heavy (non-hydrogen) atoms. The van der Waals surface area contributed by atoms with Crippen molar-refractivity contribution in [2.24, 2.45) is 5.92 Å². The molecule has 1 atom stereocenters. The van der Waals surface area contributed by atoms with E-state index in [9.17, 15) is 4.79 Å². The van der Waals surface area contributed by atoms with Crippen molar-refractivity contribution in [2.45, 2.75) is 13.0 Å². The molecule has 3 heterocycles. The van der Waals surface area contributed by atoms with Crippen molar-refractivity contribution in [2.75, 3.05) is 31.6 Å². The van der Waals surface area contributed by atoms with Crippen LogP contribution in [-0.2, 0) is 11.4 Å². The van der Waals surface area contributed by atoms with Crippen molar-refractivity contribution in [3.8, 4) is 11.5 Å². The fourth-order valence-corrected chi connectivity index (χ4v) is 4.50. The highest BCUT2D eigenvalue weighted by Gasteiger charge is 2.26. The summed E-state index contributed by atoms with van der Waals surface area (Å²) in [5.74, 6) is 1.72. The van der Waals surface area contributed by atoms with E-state index in [0.29, 0.717) is 48.6 Å². The van der Waals surface area contributed by atoms with Crippen LogP contribution in [0.1, 0.15) is 12.1 Å². The van der Waals surface area contributed by atoms with E-state index in [1.54, 1.807) is 23.2 Å². The molecule has 0 aliphatic carbocycles. The second-order valence-corrected chi connectivity index (χ2v) is 9.12. The van der Waals surface area contributed by atoms with Gasteiger partial charge in [0.25, 0.3) is 0 Å². The normalized spacial score (nSPS) is 15.1. The highest BCUT2D eigenvalue weighted by atomic mass is 35.5. The molecule has 1 amide bonds. The van der Waals surface area contributed by atoms with Gasteiger partial charge in [-0.2, -0.15) is 0 Å². The van der Waals surface area contributed by atoms with Gasteiger partial charge in [-0.3, -0.25) is 9.78 Å². The van der Waals surface area contributed by atoms with Crippen LogP contribution in [0.5, 0.6) is 11.5 Å². The lowest BCUT2D eigenvalue weighted by molar-refractivity contribution is -0.133. The van der Waals surface area contributed by atoms with Gasteiger partial charge in [0.05, 0.1) is 28.2 Å². The molecule has 9 nitrogen and oxygen atoms in total. The summed E-state index contributed by atoms with van der Waals surface area (Å²) in [5.41, 5.74) is 2.28. The van der Waals surface area contributed by atoms with Crippen LogP contribution in [0.4, 0.5) is 11.5 Å². The molecule has 0 radical (unpaired) electrons. The van der Waals surface area contributed by atoms with Gasteiger partial charge < -0.3 is 24.8 Å². The van der Waals surface area contributed by atoms with Crippen LogP contribution >= 0.6 is 11.6 Å². The van der Waals surface area contributed by atoms with Crippen LogP contribution in [0.3, 0.4) is 0 Å². The van der Waals surface area contributed by atoms with Gasteiger partial charge in [-0.1, -0.05) is 23.7 Å². The maximum Gasteiger partial charge on any atom is 0.248 e. The van der Waals surface area contributed by atoms with Gasteiger partial charge in [-0.05, 0) is 48.9 Å². The second-order valence-electron chi connectivity index (χ2n) is 8.72. The maximum absolute atomic E-state index is 11.8. The Bertz CT molecular complexity index is 1380. The lowest BCUT2D eigenvalue weighted by Gasteiger charge is -2.17. The number of carbonyl (C=O) groups excluding carboxylic acids is 1. The number of nitrogens with one attached hydrogen (secondary N) is 1. The molecule has 5 rings (SSSR count). The van der Waals surface area contributed by atoms with Gasteiger partial charge in [0.2, 0.25) is 5.91 Å². The molecule has 1 aliphatic heterocycles. The average molecular weight is 520 g/mol. The molecule has 2 N–H and O–H groups in total. The molecule has 190 valence electrons. The minimum Gasteiger partial charge on any atom is -0.492 e. The van der Waals surface area contributed by atoms with Crippen molar-refractivity contribution in [3.63, 3.8) is 0 Å². The summed E-state index contributed by atoms with van der Waals surface area (Å²) in [6.45, 7) is 1.49. The van der Waals surface area contributed by atoms with E-state index in [-0.39, 0.29) is 11.8 Å². The summed E-state index contributed by atoms with van der Waals surface area (Å²) < 4.78 is 12.0. The highest BCUT2D eigenvalue weighted by Crippen LogP contribution is 2.34. The third-order valence-electron chi connectivity index (χ3n) is 6.17. The molecule has 0 bridgehead atoms. The molecule has 0 spiro atoms. The number of likely N-dealkylation sites (tertiary alicyclic amines) is 1. The lowest BCUT2D eigenvalue weighted by Crippen LogP contribution is -2.31. The summed E-state index contributed by atoms with van der Waals surface area (Å²) >= 11 is 6.49. The zero-order chi connectivity index (χ0) is 25.6. The molecular formula is C27H26ClN5O4.